The summed E-state index contributed by atoms with van der Waals surface area (Å²) in [5.41, 5.74) is 1.09. The topological polar surface area (TPSA) is 57.6 Å². The highest BCUT2D eigenvalue weighted by Gasteiger charge is 2.31. The van der Waals surface area contributed by atoms with E-state index < -0.39 is 12.0 Å². The number of aryl methyl sites for hydroxylation is 1. The summed E-state index contributed by atoms with van der Waals surface area (Å²) in [6.07, 6.45) is 3.36. The maximum absolute atomic E-state index is 12.2. The number of amides is 1. The summed E-state index contributed by atoms with van der Waals surface area (Å²) in [7, 11) is 0. The molecule has 2 rings (SSSR count). The second-order valence-electron chi connectivity index (χ2n) is 5.06. The molecule has 1 fully saturated rings. The number of rotatable bonds is 4. The summed E-state index contributed by atoms with van der Waals surface area (Å²) in [4.78, 5) is 24.9. The van der Waals surface area contributed by atoms with Crippen molar-refractivity contribution in [1.29, 1.82) is 0 Å². The maximum Gasteiger partial charge on any atom is 0.326 e. The summed E-state index contributed by atoms with van der Waals surface area (Å²) >= 11 is 3.37. The van der Waals surface area contributed by atoms with Crippen molar-refractivity contribution in [3.05, 3.63) is 34.3 Å². The molecular weight excluding hydrogens is 322 g/mol. The third kappa shape index (κ3) is 3.82. The number of carboxylic acids is 1. The van der Waals surface area contributed by atoms with E-state index in [0.29, 0.717) is 25.8 Å². The Morgan fingerprint density at radius 2 is 1.95 bits per heavy atom. The zero-order valence-corrected chi connectivity index (χ0v) is 12.8. The molecule has 1 atom stereocenters. The van der Waals surface area contributed by atoms with Crippen LogP contribution in [-0.4, -0.2) is 34.5 Å². The Morgan fingerprint density at radius 3 is 2.60 bits per heavy atom. The zero-order valence-electron chi connectivity index (χ0n) is 11.2. The molecule has 0 bridgehead atoms. The molecule has 0 spiro atoms. The molecule has 5 heteroatoms. The van der Waals surface area contributed by atoms with E-state index in [2.05, 4.69) is 15.9 Å². The fourth-order valence-electron chi connectivity index (χ4n) is 2.53. The second-order valence-corrected chi connectivity index (χ2v) is 5.98. The van der Waals surface area contributed by atoms with Gasteiger partial charge in [0.25, 0.3) is 0 Å². The van der Waals surface area contributed by atoms with Crippen molar-refractivity contribution in [2.75, 3.05) is 6.54 Å². The van der Waals surface area contributed by atoms with Crippen molar-refractivity contribution in [2.45, 2.75) is 38.1 Å². The Kier molecular flexibility index (Phi) is 5.17. The van der Waals surface area contributed by atoms with E-state index in [1.165, 1.54) is 4.90 Å². The van der Waals surface area contributed by atoms with Crippen LogP contribution in [0.2, 0.25) is 0 Å². The van der Waals surface area contributed by atoms with Gasteiger partial charge in [0, 0.05) is 17.4 Å². The quantitative estimate of drug-likeness (QED) is 0.917. The molecule has 1 unspecified atom stereocenters. The summed E-state index contributed by atoms with van der Waals surface area (Å²) < 4.78 is 1.01. The number of carboxylic acid groups (broad SMARTS) is 1. The molecule has 0 aromatic heterocycles. The van der Waals surface area contributed by atoms with Crippen LogP contribution in [0, 0.1) is 0 Å². The van der Waals surface area contributed by atoms with Gasteiger partial charge >= 0.3 is 5.97 Å². The molecule has 1 aromatic rings. The van der Waals surface area contributed by atoms with Gasteiger partial charge in [0.15, 0.2) is 0 Å². The summed E-state index contributed by atoms with van der Waals surface area (Å²) in [6.45, 7) is 0.566. The molecule has 4 nitrogen and oxygen atoms in total. The number of hydrogen-bond acceptors (Lipinski definition) is 2. The molecule has 108 valence electrons. The molecule has 1 heterocycles. The first-order valence-electron chi connectivity index (χ1n) is 6.84. The average molecular weight is 340 g/mol. The largest absolute Gasteiger partial charge is 0.480 e. The van der Waals surface area contributed by atoms with Crippen LogP contribution in [0.25, 0.3) is 0 Å². The smallest absolute Gasteiger partial charge is 0.326 e. The lowest BCUT2D eigenvalue weighted by molar-refractivity contribution is -0.152. The number of benzene rings is 1. The molecule has 1 N–H and O–H groups in total. The van der Waals surface area contributed by atoms with Gasteiger partial charge < -0.3 is 10.0 Å². The molecular formula is C15H18BrNO3. The highest BCUT2D eigenvalue weighted by atomic mass is 79.9. The van der Waals surface area contributed by atoms with Crippen LogP contribution >= 0.6 is 15.9 Å². The van der Waals surface area contributed by atoms with Crippen LogP contribution in [0.4, 0.5) is 0 Å². The number of hydrogen-bond donors (Lipinski definition) is 1. The Morgan fingerprint density at radius 1 is 1.25 bits per heavy atom. The van der Waals surface area contributed by atoms with E-state index in [4.69, 9.17) is 0 Å². The van der Waals surface area contributed by atoms with Gasteiger partial charge in [-0.2, -0.15) is 0 Å². The van der Waals surface area contributed by atoms with E-state index in [9.17, 15) is 14.7 Å². The van der Waals surface area contributed by atoms with E-state index >= 15 is 0 Å². The predicted octanol–water partition coefficient (Wildman–Crippen LogP) is 2.85. The number of aliphatic carboxylic acids is 1. The average Bonchev–Trinajstić information content (AvgIpc) is 2.46. The molecule has 0 saturated carbocycles. The van der Waals surface area contributed by atoms with Crippen LogP contribution < -0.4 is 0 Å². The van der Waals surface area contributed by atoms with Gasteiger partial charge in [-0.25, -0.2) is 4.79 Å². The third-order valence-electron chi connectivity index (χ3n) is 3.65. The SMILES string of the molecule is O=C(O)C1CCCCN1C(=O)CCc1ccc(Br)cc1. The van der Waals surface area contributed by atoms with Crippen LogP contribution in [0.3, 0.4) is 0 Å². The summed E-state index contributed by atoms with van der Waals surface area (Å²) in [5.74, 6) is -0.943. The first kappa shape index (κ1) is 15.0. The van der Waals surface area contributed by atoms with Crippen molar-refractivity contribution in [3.63, 3.8) is 0 Å². The lowest BCUT2D eigenvalue weighted by Gasteiger charge is -2.33. The molecule has 1 aromatic carbocycles. The molecule has 0 radical (unpaired) electrons. The minimum atomic E-state index is -0.887. The zero-order chi connectivity index (χ0) is 14.5. The van der Waals surface area contributed by atoms with Gasteiger partial charge in [-0.05, 0) is 43.4 Å². The lowest BCUT2D eigenvalue weighted by Crippen LogP contribution is -2.48. The van der Waals surface area contributed by atoms with E-state index in [1.54, 1.807) is 0 Å². The van der Waals surface area contributed by atoms with E-state index in [0.717, 1.165) is 22.9 Å². The molecule has 0 aliphatic carbocycles. The summed E-state index contributed by atoms with van der Waals surface area (Å²) in [6, 6.07) is 7.20. The number of halogens is 1. The standard InChI is InChI=1S/C15H18BrNO3/c16-12-7-4-11(5-8-12)6-9-14(18)17-10-2-1-3-13(17)15(19)20/h4-5,7-8,13H,1-3,6,9-10H2,(H,19,20). The Balaban J connectivity index is 1.93. The molecule has 1 saturated heterocycles. The lowest BCUT2D eigenvalue weighted by atomic mass is 10.0. The predicted molar refractivity (Wildman–Crippen MR) is 79.5 cm³/mol. The van der Waals surface area contributed by atoms with Crippen molar-refractivity contribution in [3.8, 4) is 0 Å². The monoisotopic (exact) mass is 339 g/mol. The van der Waals surface area contributed by atoms with Gasteiger partial charge in [-0.3, -0.25) is 4.79 Å². The van der Waals surface area contributed by atoms with Crippen LogP contribution in [-0.2, 0) is 16.0 Å². The van der Waals surface area contributed by atoms with Crippen molar-refractivity contribution in [2.24, 2.45) is 0 Å². The van der Waals surface area contributed by atoms with Gasteiger partial charge in [0.1, 0.15) is 6.04 Å². The Labute approximate surface area is 126 Å². The highest BCUT2D eigenvalue weighted by molar-refractivity contribution is 9.10. The fourth-order valence-corrected chi connectivity index (χ4v) is 2.80. The second kappa shape index (κ2) is 6.88. The van der Waals surface area contributed by atoms with Crippen molar-refractivity contribution < 1.29 is 14.7 Å². The Hall–Kier alpha value is -1.36. The van der Waals surface area contributed by atoms with Gasteiger partial charge in [-0.15, -0.1) is 0 Å². The fraction of sp³-hybridized carbons (Fsp3) is 0.467. The van der Waals surface area contributed by atoms with E-state index in [-0.39, 0.29) is 5.91 Å². The summed E-state index contributed by atoms with van der Waals surface area (Å²) in [5, 5.41) is 9.17. The van der Waals surface area contributed by atoms with Gasteiger partial charge in [0.2, 0.25) is 5.91 Å². The molecule has 1 aliphatic heterocycles. The normalized spacial score (nSPS) is 18.9. The molecule has 1 amide bonds. The molecule has 1 aliphatic rings. The number of piperidine rings is 1. The van der Waals surface area contributed by atoms with Crippen LogP contribution in [0.5, 0.6) is 0 Å². The number of nitrogens with zero attached hydrogens (tertiary/aromatic N) is 1. The van der Waals surface area contributed by atoms with Crippen molar-refractivity contribution >= 4 is 27.8 Å². The highest BCUT2D eigenvalue weighted by Crippen LogP contribution is 2.19. The first-order valence-corrected chi connectivity index (χ1v) is 7.64. The number of carbonyl (C=O) groups is 2. The van der Waals surface area contributed by atoms with Gasteiger partial charge in [0.05, 0.1) is 0 Å². The minimum Gasteiger partial charge on any atom is -0.480 e. The van der Waals surface area contributed by atoms with Gasteiger partial charge in [-0.1, -0.05) is 28.1 Å². The maximum atomic E-state index is 12.2. The third-order valence-corrected chi connectivity index (χ3v) is 4.18. The first-order chi connectivity index (χ1) is 9.58. The van der Waals surface area contributed by atoms with Crippen LogP contribution in [0.15, 0.2) is 28.7 Å². The number of likely N-dealkylation sites (tertiary alicyclic amines) is 1. The van der Waals surface area contributed by atoms with Crippen molar-refractivity contribution in [1.82, 2.24) is 4.90 Å². The van der Waals surface area contributed by atoms with E-state index in [1.807, 2.05) is 24.3 Å². The number of carbonyl (C=O) groups excluding carboxylic acids is 1. The Bertz CT molecular complexity index is 486. The minimum absolute atomic E-state index is 0.0555. The molecule has 20 heavy (non-hydrogen) atoms. The van der Waals surface area contributed by atoms with Crippen LogP contribution in [0.1, 0.15) is 31.2 Å².